The van der Waals surface area contributed by atoms with Gasteiger partial charge >= 0.3 is 0 Å². The Morgan fingerprint density at radius 1 is 1.12 bits per heavy atom. The molecule has 0 radical (unpaired) electrons. The first kappa shape index (κ1) is 17.7. The maximum atomic E-state index is 9.53. The molecule has 1 aromatic rings. The van der Waals surface area contributed by atoms with Crippen molar-refractivity contribution in [3.05, 3.63) is 29.8 Å². The largest absolute Gasteiger partial charge is 0.490 e. The highest BCUT2D eigenvalue weighted by atomic mass is 16.5. The third-order valence-electron chi connectivity index (χ3n) is 5.22. The zero-order valence-electron chi connectivity index (χ0n) is 14.8. The zero-order chi connectivity index (χ0) is 16.6. The van der Waals surface area contributed by atoms with E-state index in [1.807, 2.05) is 0 Å². The van der Waals surface area contributed by atoms with Gasteiger partial charge in [0.15, 0.2) is 0 Å². The average Bonchev–Trinajstić information content (AvgIpc) is 3.10. The lowest BCUT2D eigenvalue weighted by molar-refractivity contribution is 0.0821. The summed E-state index contributed by atoms with van der Waals surface area (Å²) >= 11 is 0. The summed E-state index contributed by atoms with van der Waals surface area (Å²) in [6.07, 6.45) is 8.40. The Balaban J connectivity index is 1.31. The second-order valence-corrected chi connectivity index (χ2v) is 7.27. The molecule has 0 amide bonds. The van der Waals surface area contributed by atoms with E-state index in [0.29, 0.717) is 6.10 Å². The van der Waals surface area contributed by atoms with Crippen molar-refractivity contribution in [2.24, 2.45) is 0 Å². The molecule has 1 heterocycles. The molecule has 4 heteroatoms. The molecule has 1 saturated heterocycles. The van der Waals surface area contributed by atoms with Gasteiger partial charge in [0, 0.05) is 19.6 Å². The number of hydrogen-bond acceptors (Lipinski definition) is 4. The predicted molar refractivity (Wildman–Crippen MR) is 97.3 cm³/mol. The van der Waals surface area contributed by atoms with Gasteiger partial charge in [-0.05, 0) is 75.7 Å². The molecule has 1 aliphatic heterocycles. The van der Waals surface area contributed by atoms with Crippen molar-refractivity contribution in [2.75, 3.05) is 26.2 Å². The van der Waals surface area contributed by atoms with Crippen LogP contribution in [-0.4, -0.2) is 48.4 Å². The van der Waals surface area contributed by atoms with E-state index in [4.69, 9.17) is 4.74 Å². The summed E-state index contributed by atoms with van der Waals surface area (Å²) in [5.41, 5.74) is 1.30. The molecular formula is C20H32N2O2. The van der Waals surface area contributed by atoms with Crippen LogP contribution in [0.3, 0.4) is 0 Å². The van der Waals surface area contributed by atoms with Gasteiger partial charge in [0.1, 0.15) is 5.75 Å². The number of piperidine rings is 1. The van der Waals surface area contributed by atoms with Crippen LogP contribution in [0.1, 0.15) is 50.5 Å². The first-order chi connectivity index (χ1) is 11.8. The number of benzene rings is 1. The SMILES string of the molecule is OC1CCN(CCCNCc2cccc(OC3CCCC3)c2)CC1. The maximum Gasteiger partial charge on any atom is 0.120 e. The van der Waals surface area contributed by atoms with Gasteiger partial charge in [-0.15, -0.1) is 0 Å². The van der Waals surface area contributed by atoms with Crippen LogP contribution < -0.4 is 10.1 Å². The second-order valence-electron chi connectivity index (χ2n) is 7.27. The molecule has 1 aliphatic carbocycles. The van der Waals surface area contributed by atoms with Gasteiger partial charge in [0.25, 0.3) is 0 Å². The predicted octanol–water partition coefficient (Wildman–Crippen LogP) is 2.94. The Kier molecular flexibility index (Phi) is 6.94. The van der Waals surface area contributed by atoms with Crippen molar-refractivity contribution in [2.45, 2.75) is 63.7 Å². The molecule has 0 aromatic heterocycles. The minimum atomic E-state index is -0.0712. The number of hydrogen-bond donors (Lipinski definition) is 2. The highest BCUT2D eigenvalue weighted by Crippen LogP contribution is 2.24. The summed E-state index contributed by atoms with van der Waals surface area (Å²) in [5, 5.41) is 13.1. The third kappa shape index (κ3) is 5.76. The summed E-state index contributed by atoms with van der Waals surface area (Å²) in [6.45, 7) is 5.15. The first-order valence-electron chi connectivity index (χ1n) is 9.66. The molecule has 1 aromatic carbocycles. The fourth-order valence-corrected chi connectivity index (χ4v) is 3.73. The van der Waals surface area contributed by atoms with Gasteiger partial charge in [-0.2, -0.15) is 0 Å². The summed E-state index contributed by atoms with van der Waals surface area (Å²) in [7, 11) is 0. The standard InChI is InChI=1S/C20H32N2O2/c23-18-9-13-22(14-10-18)12-4-11-21-16-17-5-3-8-20(15-17)24-19-6-1-2-7-19/h3,5,8,15,18-19,21,23H,1-2,4,6-7,9-14,16H2. The number of aliphatic hydroxyl groups is 1. The van der Waals surface area contributed by atoms with Crippen LogP contribution in [0.15, 0.2) is 24.3 Å². The van der Waals surface area contributed by atoms with Crippen molar-refractivity contribution in [3.8, 4) is 5.75 Å². The number of likely N-dealkylation sites (tertiary alicyclic amines) is 1. The van der Waals surface area contributed by atoms with Gasteiger partial charge in [0.05, 0.1) is 12.2 Å². The van der Waals surface area contributed by atoms with Crippen LogP contribution in [-0.2, 0) is 6.54 Å². The van der Waals surface area contributed by atoms with Gasteiger partial charge in [0.2, 0.25) is 0 Å². The van der Waals surface area contributed by atoms with Crippen LogP contribution >= 0.6 is 0 Å². The van der Waals surface area contributed by atoms with E-state index in [-0.39, 0.29) is 6.10 Å². The zero-order valence-corrected chi connectivity index (χ0v) is 14.8. The van der Waals surface area contributed by atoms with Crippen LogP contribution in [0.5, 0.6) is 5.75 Å². The van der Waals surface area contributed by atoms with Crippen LogP contribution in [0.25, 0.3) is 0 Å². The minimum Gasteiger partial charge on any atom is -0.490 e. The van der Waals surface area contributed by atoms with Crippen LogP contribution in [0.2, 0.25) is 0 Å². The molecule has 0 bridgehead atoms. The quantitative estimate of drug-likeness (QED) is 0.719. The van der Waals surface area contributed by atoms with Gasteiger partial charge in [-0.3, -0.25) is 0 Å². The molecule has 0 unspecified atom stereocenters. The lowest BCUT2D eigenvalue weighted by Crippen LogP contribution is -2.37. The van der Waals surface area contributed by atoms with Crippen molar-refractivity contribution in [3.63, 3.8) is 0 Å². The molecule has 4 nitrogen and oxygen atoms in total. The number of nitrogens with one attached hydrogen (secondary N) is 1. The molecular weight excluding hydrogens is 300 g/mol. The van der Waals surface area contributed by atoms with Gasteiger partial charge in [-0.25, -0.2) is 0 Å². The smallest absolute Gasteiger partial charge is 0.120 e. The molecule has 0 spiro atoms. The van der Waals surface area contributed by atoms with E-state index < -0.39 is 0 Å². The maximum absolute atomic E-state index is 9.53. The summed E-state index contributed by atoms with van der Waals surface area (Å²) in [6, 6.07) is 8.52. The number of rotatable bonds is 8. The van der Waals surface area contributed by atoms with E-state index in [1.165, 1.54) is 31.2 Å². The highest BCUT2D eigenvalue weighted by molar-refractivity contribution is 5.28. The highest BCUT2D eigenvalue weighted by Gasteiger charge is 2.17. The fourth-order valence-electron chi connectivity index (χ4n) is 3.73. The minimum absolute atomic E-state index is 0.0712. The van der Waals surface area contributed by atoms with Crippen molar-refractivity contribution < 1.29 is 9.84 Å². The van der Waals surface area contributed by atoms with E-state index >= 15 is 0 Å². The lowest BCUT2D eigenvalue weighted by atomic mass is 10.1. The average molecular weight is 332 g/mol. The summed E-state index contributed by atoms with van der Waals surface area (Å²) < 4.78 is 6.08. The van der Waals surface area contributed by atoms with Crippen molar-refractivity contribution in [1.82, 2.24) is 10.2 Å². The Labute approximate surface area is 146 Å². The topological polar surface area (TPSA) is 44.7 Å². The monoisotopic (exact) mass is 332 g/mol. The lowest BCUT2D eigenvalue weighted by Gasteiger charge is -2.29. The molecule has 3 rings (SSSR count). The Bertz CT molecular complexity index is 480. The molecule has 2 N–H and O–H groups in total. The molecule has 134 valence electrons. The van der Waals surface area contributed by atoms with E-state index in [0.717, 1.165) is 57.7 Å². The third-order valence-corrected chi connectivity index (χ3v) is 5.22. The first-order valence-corrected chi connectivity index (χ1v) is 9.66. The molecule has 1 saturated carbocycles. The van der Waals surface area contributed by atoms with Crippen molar-refractivity contribution >= 4 is 0 Å². The second kappa shape index (κ2) is 9.40. The molecule has 2 fully saturated rings. The number of aliphatic hydroxyl groups excluding tert-OH is 1. The molecule has 0 atom stereocenters. The number of nitrogens with zero attached hydrogens (tertiary/aromatic N) is 1. The normalized spacial score (nSPS) is 20.5. The van der Waals surface area contributed by atoms with Crippen LogP contribution in [0.4, 0.5) is 0 Å². The summed E-state index contributed by atoms with van der Waals surface area (Å²) in [4.78, 5) is 2.46. The Morgan fingerprint density at radius 2 is 1.92 bits per heavy atom. The van der Waals surface area contributed by atoms with Crippen molar-refractivity contribution in [1.29, 1.82) is 0 Å². The van der Waals surface area contributed by atoms with E-state index in [2.05, 4.69) is 34.5 Å². The molecule has 24 heavy (non-hydrogen) atoms. The van der Waals surface area contributed by atoms with Gasteiger partial charge < -0.3 is 20.1 Å². The molecule has 2 aliphatic rings. The fraction of sp³-hybridized carbons (Fsp3) is 0.700. The Hall–Kier alpha value is -1.10. The summed E-state index contributed by atoms with van der Waals surface area (Å²) in [5.74, 6) is 1.02. The van der Waals surface area contributed by atoms with E-state index in [1.54, 1.807) is 0 Å². The van der Waals surface area contributed by atoms with Crippen LogP contribution in [0, 0.1) is 0 Å². The van der Waals surface area contributed by atoms with E-state index in [9.17, 15) is 5.11 Å². The Morgan fingerprint density at radius 3 is 2.71 bits per heavy atom. The van der Waals surface area contributed by atoms with Gasteiger partial charge in [-0.1, -0.05) is 12.1 Å². The number of ether oxygens (including phenoxy) is 1.